The number of carboxylic acids is 1. The molecule has 19 heavy (non-hydrogen) atoms. The topological polar surface area (TPSA) is 66.4 Å². The monoisotopic (exact) mass is 261 g/mol. The zero-order chi connectivity index (χ0) is 14.0. The van der Waals surface area contributed by atoms with Crippen LogP contribution in [-0.2, 0) is 4.79 Å². The number of aryl methyl sites for hydroxylation is 1. The Kier molecular flexibility index (Phi) is 3.60. The molecule has 0 spiro atoms. The van der Waals surface area contributed by atoms with Gasteiger partial charge in [0.25, 0.3) is 0 Å². The van der Waals surface area contributed by atoms with E-state index in [9.17, 15) is 14.7 Å². The van der Waals surface area contributed by atoms with Crippen LogP contribution in [0.1, 0.15) is 48.5 Å². The summed E-state index contributed by atoms with van der Waals surface area (Å²) >= 11 is 0. The van der Waals surface area contributed by atoms with E-state index >= 15 is 0 Å². The molecule has 4 nitrogen and oxygen atoms in total. The van der Waals surface area contributed by atoms with Crippen molar-refractivity contribution in [3.05, 3.63) is 29.3 Å². The van der Waals surface area contributed by atoms with Crippen LogP contribution < -0.4 is 5.32 Å². The molecule has 1 aliphatic rings. The number of amides is 1. The lowest BCUT2D eigenvalue weighted by atomic mass is 9.87. The number of hydrogen-bond acceptors (Lipinski definition) is 2. The van der Waals surface area contributed by atoms with Gasteiger partial charge in [-0.3, -0.25) is 4.79 Å². The fraction of sp³-hybridized carbons (Fsp3) is 0.467. The van der Waals surface area contributed by atoms with Crippen LogP contribution in [0.15, 0.2) is 18.2 Å². The van der Waals surface area contributed by atoms with E-state index in [4.69, 9.17) is 0 Å². The normalized spacial score (nSPS) is 17.2. The van der Waals surface area contributed by atoms with E-state index in [1.54, 1.807) is 18.2 Å². The van der Waals surface area contributed by atoms with Gasteiger partial charge in [-0.15, -0.1) is 0 Å². The predicted octanol–water partition coefficient (Wildman–Crippen LogP) is 3.21. The molecule has 1 amide bonds. The Morgan fingerprint density at radius 2 is 1.89 bits per heavy atom. The van der Waals surface area contributed by atoms with Gasteiger partial charge in [0.2, 0.25) is 5.91 Å². The van der Waals surface area contributed by atoms with Crippen LogP contribution in [0.5, 0.6) is 0 Å². The quantitative estimate of drug-likeness (QED) is 0.878. The summed E-state index contributed by atoms with van der Waals surface area (Å²) in [7, 11) is 0. The van der Waals surface area contributed by atoms with Gasteiger partial charge in [0, 0.05) is 5.41 Å². The highest BCUT2D eigenvalue weighted by atomic mass is 16.4. The van der Waals surface area contributed by atoms with Crippen LogP contribution >= 0.6 is 0 Å². The molecule has 0 atom stereocenters. The molecular formula is C15H19NO3. The molecule has 1 aliphatic carbocycles. The predicted molar refractivity (Wildman–Crippen MR) is 73.3 cm³/mol. The van der Waals surface area contributed by atoms with Crippen LogP contribution in [0.4, 0.5) is 5.69 Å². The first kappa shape index (κ1) is 13.6. The molecule has 2 N–H and O–H groups in total. The summed E-state index contributed by atoms with van der Waals surface area (Å²) in [5.41, 5.74) is 1.04. The number of nitrogens with one attached hydrogen (secondary N) is 1. The molecule has 0 saturated heterocycles. The third-order valence-corrected chi connectivity index (χ3v) is 3.91. The van der Waals surface area contributed by atoms with E-state index in [0.717, 1.165) is 31.2 Å². The van der Waals surface area contributed by atoms with Gasteiger partial charge in [-0.2, -0.15) is 0 Å². The molecule has 0 aliphatic heterocycles. The maximum absolute atomic E-state index is 12.3. The van der Waals surface area contributed by atoms with Gasteiger partial charge in [-0.1, -0.05) is 31.4 Å². The number of benzene rings is 1. The largest absolute Gasteiger partial charge is 0.478 e. The fourth-order valence-electron chi connectivity index (χ4n) is 2.60. The zero-order valence-electron chi connectivity index (χ0n) is 11.3. The number of aromatic carboxylic acids is 1. The SMILES string of the molecule is Cc1ccc(NC(=O)C2(C)CCCC2)c(C(=O)O)c1. The highest BCUT2D eigenvalue weighted by Crippen LogP contribution is 2.38. The average molecular weight is 261 g/mol. The van der Waals surface area contributed by atoms with E-state index < -0.39 is 5.97 Å². The van der Waals surface area contributed by atoms with Gasteiger partial charge in [-0.05, 0) is 31.9 Å². The molecular weight excluding hydrogens is 242 g/mol. The number of anilines is 1. The maximum Gasteiger partial charge on any atom is 0.337 e. The molecule has 1 saturated carbocycles. The van der Waals surface area contributed by atoms with Crippen LogP contribution in [-0.4, -0.2) is 17.0 Å². The molecule has 0 aromatic heterocycles. The van der Waals surface area contributed by atoms with Crippen molar-refractivity contribution in [1.82, 2.24) is 0 Å². The maximum atomic E-state index is 12.3. The number of carbonyl (C=O) groups excluding carboxylic acids is 1. The lowest BCUT2D eigenvalue weighted by Crippen LogP contribution is -2.31. The summed E-state index contributed by atoms with van der Waals surface area (Å²) in [6.07, 6.45) is 3.85. The van der Waals surface area contributed by atoms with Gasteiger partial charge >= 0.3 is 5.97 Å². The van der Waals surface area contributed by atoms with Gasteiger partial charge in [0.1, 0.15) is 0 Å². The summed E-state index contributed by atoms with van der Waals surface area (Å²) in [4.78, 5) is 23.5. The minimum atomic E-state index is -1.02. The Hall–Kier alpha value is -1.84. The van der Waals surface area contributed by atoms with Crippen LogP contribution in [0.2, 0.25) is 0 Å². The summed E-state index contributed by atoms with van der Waals surface area (Å²) in [6, 6.07) is 5.04. The van der Waals surface area contributed by atoms with Crippen LogP contribution in [0.25, 0.3) is 0 Å². The lowest BCUT2D eigenvalue weighted by molar-refractivity contribution is -0.124. The Bertz CT molecular complexity index is 516. The average Bonchev–Trinajstić information content (AvgIpc) is 2.79. The Morgan fingerprint density at radius 1 is 1.26 bits per heavy atom. The molecule has 1 fully saturated rings. The van der Waals surface area contributed by atoms with E-state index in [0.29, 0.717) is 5.69 Å². The van der Waals surface area contributed by atoms with Crippen LogP contribution in [0.3, 0.4) is 0 Å². The van der Waals surface area contributed by atoms with Gasteiger partial charge in [0.15, 0.2) is 0 Å². The molecule has 0 unspecified atom stereocenters. The van der Waals surface area contributed by atoms with Crippen molar-refractivity contribution >= 4 is 17.6 Å². The Balaban J connectivity index is 2.23. The number of carbonyl (C=O) groups is 2. The lowest BCUT2D eigenvalue weighted by Gasteiger charge is -2.22. The smallest absolute Gasteiger partial charge is 0.337 e. The van der Waals surface area contributed by atoms with Crippen molar-refractivity contribution in [3.8, 4) is 0 Å². The fourth-order valence-corrected chi connectivity index (χ4v) is 2.60. The van der Waals surface area contributed by atoms with E-state index in [1.165, 1.54) is 0 Å². The van der Waals surface area contributed by atoms with Crippen LogP contribution in [0, 0.1) is 12.3 Å². The molecule has 0 bridgehead atoms. The highest BCUT2D eigenvalue weighted by Gasteiger charge is 2.36. The summed E-state index contributed by atoms with van der Waals surface area (Å²) in [5.74, 6) is -1.09. The molecule has 0 radical (unpaired) electrons. The zero-order valence-corrected chi connectivity index (χ0v) is 11.3. The molecule has 1 aromatic rings. The number of rotatable bonds is 3. The second kappa shape index (κ2) is 5.03. The first-order valence-electron chi connectivity index (χ1n) is 6.58. The highest BCUT2D eigenvalue weighted by molar-refractivity contribution is 6.02. The number of hydrogen-bond donors (Lipinski definition) is 2. The van der Waals surface area contributed by atoms with Crippen molar-refractivity contribution < 1.29 is 14.7 Å². The summed E-state index contributed by atoms with van der Waals surface area (Å²) in [5, 5.41) is 12.0. The minimum Gasteiger partial charge on any atom is -0.478 e. The van der Waals surface area contributed by atoms with Crippen molar-refractivity contribution in [3.63, 3.8) is 0 Å². The molecule has 2 rings (SSSR count). The van der Waals surface area contributed by atoms with Gasteiger partial charge < -0.3 is 10.4 Å². The first-order valence-corrected chi connectivity index (χ1v) is 6.58. The second-order valence-electron chi connectivity index (χ2n) is 5.58. The third kappa shape index (κ3) is 2.78. The van der Waals surface area contributed by atoms with E-state index in [-0.39, 0.29) is 16.9 Å². The summed E-state index contributed by atoms with van der Waals surface area (Å²) in [6.45, 7) is 3.78. The molecule has 1 aromatic carbocycles. The first-order chi connectivity index (χ1) is 8.92. The third-order valence-electron chi connectivity index (χ3n) is 3.91. The van der Waals surface area contributed by atoms with Crippen molar-refractivity contribution in [1.29, 1.82) is 0 Å². The molecule has 0 heterocycles. The van der Waals surface area contributed by atoms with E-state index in [1.807, 2.05) is 13.8 Å². The Morgan fingerprint density at radius 3 is 2.47 bits per heavy atom. The minimum absolute atomic E-state index is 0.0728. The molecule has 102 valence electrons. The van der Waals surface area contributed by atoms with E-state index in [2.05, 4.69) is 5.32 Å². The van der Waals surface area contributed by atoms with Crippen molar-refractivity contribution in [2.24, 2.45) is 5.41 Å². The van der Waals surface area contributed by atoms with Crippen molar-refractivity contribution in [2.75, 3.05) is 5.32 Å². The Labute approximate surface area is 112 Å². The molecule has 4 heteroatoms. The number of carboxylic acid groups (broad SMARTS) is 1. The van der Waals surface area contributed by atoms with Crippen molar-refractivity contribution in [2.45, 2.75) is 39.5 Å². The van der Waals surface area contributed by atoms with Gasteiger partial charge in [0.05, 0.1) is 11.3 Å². The standard InChI is InChI=1S/C15H19NO3/c1-10-5-6-12(11(9-10)13(17)18)16-14(19)15(2)7-3-4-8-15/h5-6,9H,3-4,7-8H2,1-2H3,(H,16,19)(H,17,18). The van der Waals surface area contributed by atoms with Gasteiger partial charge in [-0.25, -0.2) is 4.79 Å². The summed E-state index contributed by atoms with van der Waals surface area (Å²) < 4.78 is 0. The second-order valence-corrected chi connectivity index (χ2v) is 5.58.